The predicted molar refractivity (Wildman–Crippen MR) is 99.8 cm³/mol. The molecule has 2 aliphatic carbocycles. The lowest BCUT2D eigenvalue weighted by Crippen LogP contribution is -2.45. The number of carbonyl (C=O) groups is 1. The normalized spacial score (nSPS) is 23.4. The molecule has 2 heterocycles. The van der Waals surface area contributed by atoms with Crippen LogP contribution >= 0.6 is 0 Å². The van der Waals surface area contributed by atoms with Crippen molar-refractivity contribution in [3.05, 3.63) is 39.7 Å². The van der Waals surface area contributed by atoms with Crippen LogP contribution in [0.15, 0.2) is 17.1 Å². The Morgan fingerprint density at radius 2 is 2.00 bits per heavy atom. The van der Waals surface area contributed by atoms with E-state index in [0.29, 0.717) is 13.1 Å². The number of pyridine rings is 1. The van der Waals surface area contributed by atoms with Gasteiger partial charge in [0, 0.05) is 36.8 Å². The Hall–Kier alpha value is -2.48. The van der Waals surface area contributed by atoms with Gasteiger partial charge in [-0.05, 0) is 31.7 Å². The Morgan fingerprint density at radius 1 is 1.29 bits per heavy atom. The lowest BCUT2D eigenvalue weighted by atomic mass is 9.66. The standard InChI is InChI=1S/C20H21F2N3O3/c21-13-6-11-16(25(10-2-3-10)7-12(18(11)26)19(27)28)15(22)17(13)24-8-14(23)20(9-24)4-1-5-20/h6-7,10,14H,1-5,8-9,23H2,(H,27,28). The molecule has 0 bridgehead atoms. The largest absolute Gasteiger partial charge is 0.477 e. The van der Waals surface area contributed by atoms with Crippen molar-refractivity contribution in [1.29, 1.82) is 0 Å². The van der Waals surface area contributed by atoms with Gasteiger partial charge in [0.1, 0.15) is 17.1 Å². The zero-order valence-corrected chi connectivity index (χ0v) is 15.3. The number of aromatic carboxylic acids is 1. The molecule has 3 aliphatic rings. The minimum atomic E-state index is -1.40. The van der Waals surface area contributed by atoms with E-state index in [2.05, 4.69) is 0 Å². The molecule has 2 saturated carbocycles. The summed E-state index contributed by atoms with van der Waals surface area (Å²) < 4.78 is 32.1. The smallest absolute Gasteiger partial charge is 0.341 e. The molecule has 2 aromatic rings. The average molecular weight is 389 g/mol. The molecular weight excluding hydrogens is 368 g/mol. The van der Waals surface area contributed by atoms with Crippen molar-refractivity contribution in [1.82, 2.24) is 4.57 Å². The first-order chi connectivity index (χ1) is 13.3. The van der Waals surface area contributed by atoms with Crippen LogP contribution in [-0.2, 0) is 0 Å². The van der Waals surface area contributed by atoms with Crippen LogP contribution in [0.1, 0.15) is 48.5 Å². The minimum Gasteiger partial charge on any atom is -0.477 e. The predicted octanol–water partition coefficient (Wildman–Crippen LogP) is 2.63. The molecule has 1 aromatic heterocycles. The van der Waals surface area contributed by atoms with E-state index in [4.69, 9.17) is 5.73 Å². The second-order valence-electron chi connectivity index (χ2n) is 8.44. The van der Waals surface area contributed by atoms with Crippen molar-refractivity contribution in [2.45, 2.75) is 44.2 Å². The minimum absolute atomic E-state index is 0.0166. The average Bonchev–Trinajstić information content (AvgIpc) is 3.37. The van der Waals surface area contributed by atoms with Crippen LogP contribution in [0.3, 0.4) is 0 Å². The molecule has 5 rings (SSSR count). The van der Waals surface area contributed by atoms with Gasteiger partial charge in [0.2, 0.25) is 5.43 Å². The number of hydrogen-bond donors (Lipinski definition) is 2. The highest BCUT2D eigenvalue weighted by Crippen LogP contribution is 2.49. The summed E-state index contributed by atoms with van der Waals surface area (Å²) >= 11 is 0. The number of nitrogens with zero attached hydrogens (tertiary/aromatic N) is 2. The Balaban J connectivity index is 1.72. The van der Waals surface area contributed by atoms with Crippen molar-refractivity contribution in [2.75, 3.05) is 18.0 Å². The number of rotatable bonds is 3. The molecule has 1 unspecified atom stereocenters. The first kappa shape index (κ1) is 17.6. The molecule has 3 fully saturated rings. The summed E-state index contributed by atoms with van der Waals surface area (Å²) in [6.45, 7) is 0.856. The Labute approximate surface area is 159 Å². The zero-order chi connectivity index (χ0) is 19.8. The quantitative estimate of drug-likeness (QED) is 0.843. The Kier molecular flexibility index (Phi) is 3.62. The van der Waals surface area contributed by atoms with Crippen molar-refractivity contribution in [3.8, 4) is 0 Å². The van der Waals surface area contributed by atoms with Gasteiger partial charge in [-0.3, -0.25) is 4.79 Å². The summed E-state index contributed by atoms with van der Waals surface area (Å²) in [4.78, 5) is 25.6. The van der Waals surface area contributed by atoms with Crippen LogP contribution in [0.5, 0.6) is 0 Å². The number of carboxylic acids is 1. The molecule has 8 heteroatoms. The number of hydrogen-bond acceptors (Lipinski definition) is 4. The third-order valence-electron chi connectivity index (χ3n) is 6.73. The molecule has 3 N–H and O–H groups in total. The number of aromatic nitrogens is 1. The van der Waals surface area contributed by atoms with Gasteiger partial charge in [0.05, 0.1) is 10.9 Å². The molecule has 148 valence electrons. The molecule has 1 spiro atoms. The molecule has 0 radical (unpaired) electrons. The van der Waals surface area contributed by atoms with E-state index in [1.807, 2.05) is 0 Å². The van der Waals surface area contributed by atoms with Crippen LogP contribution in [0.2, 0.25) is 0 Å². The number of benzene rings is 1. The molecule has 1 aliphatic heterocycles. The highest BCUT2D eigenvalue weighted by molar-refractivity contribution is 5.94. The number of carboxylic acid groups (broad SMARTS) is 1. The molecule has 1 aromatic carbocycles. The van der Waals surface area contributed by atoms with E-state index in [0.717, 1.165) is 38.2 Å². The first-order valence-electron chi connectivity index (χ1n) is 9.63. The fourth-order valence-corrected chi connectivity index (χ4v) is 4.84. The Morgan fingerprint density at radius 3 is 2.54 bits per heavy atom. The highest BCUT2D eigenvalue weighted by atomic mass is 19.1. The van der Waals surface area contributed by atoms with Crippen molar-refractivity contribution < 1.29 is 18.7 Å². The van der Waals surface area contributed by atoms with E-state index in [1.165, 1.54) is 10.8 Å². The maximum atomic E-state index is 15.6. The maximum absolute atomic E-state index is 15.6. The molecule has 28 heavy (non-hydrogen) atoms. The summed E-state index contributed by atoms with van der Waals surface area (Å²) in [7, 11) is 0. The topological polar surface area (TPSA) is 88.6 Å². The summed E-state index contributed by atoms with van der Waals surface area (Å²) in [6.07, 6.45) is 5.70. The first-order valence-corrected chi connectivity index (χ1v) is 9.63. The van der Waals surface area contributed by atoms with Gasteiger partial charge >= 0.3 is 5.97 Å². The fraction of sp³-hybridized carbons (Fsp3) is 0.500. The van der Waals surface area contributed by atoms with Crippen LogP contribution in [-0.4, -0.2) is 34.8 Å². The monoisotopic (exact) mass is 389 g/mol. The summed E-state index contributed by atoms with van der Waals surface area (Å²) in [5, 5.41) is 9.09. The maximum Gasteiger partial charge on any atom is 0.341 e. The van der Waals surface area contributed by atoms with E-state index in [-0.39, 0.29) is 34.1 Å². The number of halogens is 2. The highest BCUT2D eigenvalue weighted by Gasteiger charge is 2.49. The van der Waals surface area contributed by atoms with Crippen LogP contribution in [0.4, 0.5) is 14.5 Å². The van der Waals surface area contributed by atoms with Gasteiger partial charge in [-0.1, -0.05) is 6.42 Å². The van der Waals surface area contributed by atoms with Crippen molar-refractivity contribution >= 4 is 22.6 Å². The summed E-state index contributed by atoms with van der Waals surface area (Å²) in [6, 6.07) is 0.766. The lowest BCUT2D eigenvalue weighted by Gasteiger charge is -2.41. The zero-order valence-electron chi connectivity index (χ0n) is 15.3. The third kappa shape index (κ3) is 2.33. The van der Waals surface area contributed by atoms with E-state index < -0.39 is 28.6 Å². The van der Waals surface area contributed by atoms with Gasteiger partial charge in [-0.25, -0.2) is 13.6 Å². The molecule has 0 amide bonds. The molecule has 6 nitrogen and oxygen atoms in total. The number of fused-ring (bicyclic) bond motifs is 1. The second kappa shape index (κ2) is 5.76. The second-order valence-corrected chi connectivity index (χ2v) is 8.44. The van der Waals surface area contributed by atoms with Gasteiger partial charge < -0.3 is 20.3 Å². The van der Waals surface area contributed by atoms with Crippen LogP contribution in [0.25, 0.3) is 10.9 Å². The number of anilines is 1. The third-order valence-corrected chi connectivity index (χ3v) is 6.73. The molecule has 1 saturated heterocycles. The SMILES string of the molecule is NC1CN(c2c(F)cc3c(=O)c(C(=O)O)cn(C4CC4)c3c2F)CC12CCC2. The number of nitrogens with two attached hydrogens (primary N) is 1. The van der Waals surface area contributed by atoms with Gasteiger partial charge in [-0.2, -0.15) is 0 Å². The lowest BCUT2D eigenvalue weighted by molar-refractivity contribution is 0.0694. The summed E-state index contributed by atoms with van der Waals surface area (Å²) in [5.74, 6) is -3.06. The van der Waals surface area contributed by atoms with E-state index >= 15 is 4.39 Å². The molecular formula is C20H21F2N3O3. The van der Waals surface area contributed by atoms with Crippen LogP contribution in [0, 0.1) is 17.0 Å². The van der Waals surface area contributed by atoms with E-state index in [9.17, 15) is 19.1 Å². The fourth-order valence-electron chi connectivity index (χ4n) is 4.84. The van der Waals surface area contributed by atoms with Crippen molar-refractivity contribution in [3.63, 3.8) is 0 Å². The summed E-state index contributed by atoms with van der Waals surface area (Å²) in [5.41, 5.74) is 4.67. The van der Waals surface area contributed by atoms with E-state index in [1.54, 1.807) is 4.90 Å². The van der Waals surface area contributed by atoms with Gasteiger partial charge in [0.15, 0.2) is 5.82 Å². The van der Waals surface area contributed by atoms with Gasteiger partial charge in [0.25, 0.3) is 0 Å². The van der Waals surface area contributed by atoms with Gasteiger partial charge in [-0.15, -0.1) is 0 Å². The Bertz CT molecular complexity index is 1070. The van der Waals surface area contributed by atoms with Crippen LogP contribution < -0.4 is 16.1 Å². The van der Waals surface area contributed by atoms with Crippen molar-refractivity contribution in [2.24, 2.45) is 11.1 Å². The molecule has 1 atom stereocenters.